The maximum absolute atomic E-state index is 9.49. The second-order valence-electron chi connectivity index (χ2n) is 4.14. The van der Waals surface area contributed by atoms with Gasteiger partial charge in [-0.2, -0.15) is 5.26 Å². The largest absolute Gasteiger partial charge is 0.508 e. The van der Waals surface area contributed by atoms with Gasteiger partial charge in [0.05, 0.1) is 23.5 Å². The Balaban J connectivity index is 2.26. The van der Waals surface area contributed by atoms with Crippen LogP contribution >= 0.6 is 0 Å². The van der Waals surface area contributed by atoms with Crippen molar-refractivity contribution in [2.75, 3.05) is 0 Å². The number of hydrogen-bond acceptors (Lipinski definition) is 3. The molecule has 0 aliphatic heterocycles. The zero-order valence-corrected chi connectivity index (χ0v) is 8.72. The molecular weight excluding hydrogens is 202 g/mol. The van der Waals surface area contributed by atoms with Gasteiger partial charge < -0.3 is 9.67 Å². The Bertz CT molecular complexity index is 590. The molecular formula is C12H11N3O. The van der Waals surface area contributed by atoms with Gasteiger partial charge in [-0.05, 0) is 25.0 Å². The van der Waals surface area contributed by atoms with Gasteiger partial charge in [0.15, 0.2) is 0 Å². The van der Waals surface area contributed by atoms with Gasteiger partial charge in [0.2, 0.25) is 0 Å². The highest BCUT2D eigenvalue weighted by atomic mass is 16.3. The highest BCUT2D eigenvalue weighted by Crippen LogP contribution is 2.39. The Hall–Kier alpha value is -2.02. The van der Waals surface area contributed by atoms with Crippen LogP contribution in [-0.2, 0) is 6.42 Å². The van der Waals surface area contributed by atoms with E-state index in [9.17, 15) is 5.11 Å². The number of imidazole rings is 1. The quantitative estimate of drug-likeness (QED) is 0.831. The molecule has 16 heavy (non-hydrogen) atoms. The van der Waals surface area contributed by atoms with Crippen LogP contribution in [0.2, 0.25) is 0 Å². The second-order valence-corrected chi connectivity index (χ2v) is 4.14. The highest BCUT2D eigenvalue weighted by molar-refractivity contribution is 5.78. The molecule has 0 radical (unpaired) electrons. The van der Waals surface area contributed by atoms with Crippen LogP contribution in [-0.4, -0.2) is 14.7 Å². The van der Waals surface area contributed by atoms with Gasteiger partial charge in [0, 0.05) is 12.1 Å². The number of aromatic hydroxyl groups is 1. The zero-order valence-electron chi connectivity index (χ0n) is 8.72. The monoisotopic (exact) mass is 213 g/mol. The first-order chi connectivity index (χ1) is 7.79. The molecule has 0 amide bonds. The molecule has 1 N–H and O–H groups in total. The molecule has 1 aliphatic carbocycles. The van der Waals surface area contributed by atoms with Crippen LogP contribution in [0.5, 0.6) is 5.75 Å². The van der Waals surface area contributed by atoms with E-state index >= 15 is 0 Å². The third kappa shape index (κ3) is 1.33. The van der Waals surface area contributed by atoms with Crippen molar-refractivity contribution in [1.29, 1.82) is 5.26 Å². The summed E-state index contributed by atoms with van der Waals surface area (Å²) in [5.74, 6) is 1.06. The second kappa shape index (κ2) is 3.24. The summed E-state index contributed by atoms with van der Waals surface area (Å²) in [6.45, 7) is 0. The van der Waals surface area contributed by atoms with E-state index in [-0.39, 0.29) is 5.75 Å². The molecule has 1 fully saturated rings. The molecule has 1 saturated carbocycles. The molecule has 1 heterocycles. The predicted molar refractivity (Wildman–Crippen MR) is 59.0 cm³/mol. The van der Waals surface area contributed by atoms with Crippen LogP contribution in [0.25, 0.3) is 11.0 Å². The van der Waals surface area contributed by atoms with Gasteiger partial charge in [-0.15, -0.1) is 0 Å². The van der Waals surface area contributed by atoms with Crippen molar-refractivity contribution in [1.82, 2.24) is 9.55 Å². The van der Waals surface area contributed by atoms with Crippen LogP contribution in [0.3, 0.4) is 0 Å². The number of hydrogen-bond donors (Lipinski definition) is 1. The van der Waals surface area contributed by atoms with E-state index in [0.717, 1.165) is 29.7 Å². The summed E-state index contributed by atoms with van der Waals surface area (Å²) < 4.78 is 2.10. The maximum atomic E-state index is 9.49. The SMILES string of the molecule is N#CCc1nc2ccc(O)cc2n1C1CC1. The molecule has 0 atom stereocenters. The third-order valence-corrected chi connectivity index (χ3v) is 2.90. The van der Waals surface area contributed by atoms with Crippen molar-refractivity contribution in [3.63, 3.8) is 0 Å². The summed E-state index contributed by atoms with van der Waals surface area (Å²) in [5, 5.41) is 18.3. The van der Waals surface area contributed by atoms with Crippen molar-refractivity contribution in [2.45, 2.75) is 25.3 Å². The summed E-state index contributed by atoms with van der Waals surface area (Å²) in [4.78, 5) is 4.43. The Morgan fingerprint density at radius 1 is 1.50 bits per heavy atom. The van der Waals surface area contributed by atoms with E-state index < -0.39 is 0 Å². The van der Waals surface area contributed by atoms with Crippen molar-refractivity contribution >= 4 is 11.0 Å². The number of rotatable bonds is 2. The smallest absolute Gasteiger partial charge is 0.124 e. The Morgan fingerprint density at radius 2 is 2.31 bits per heavy atom. The molecule has 0 unspecified atom stereocenters. The Kier molecular flexibility index (Phi) is 1.87. The van der Waals surface area contributed by atoms with Crippen molar-refractivity contribution in [3.05, 3.63) is 24.0 Å². The van der Waals surface area contributed by atoms with E-state index in [0.29, 0.717) is 12.5 Å². The molecule has 3 rings (SSSR count). The van der Waals surface area contributed by atoms with E-state index in [4.69, 9.17) is 5.26 Å². The number of phenols is 1. The van der Waals surface area contributed by atoms with Crippen LogP contribution in [0.4, 0.5) is 0 Å². The van der Waals surface area contributed by atoms with Crippen molar-refractivity contribution in [3.8, 4) is 11.8 Å². The van der Waals surface area contributed by atoms with Crippen LogP contribution in [0.15, 0.2) is 18.2 Å². The van der Waals surface area contributed by atoms with Crippen LogP contribution in [0, 0.1) is 11.3 Å². The first kappa shape index (κ1) is 9.22. The van der Waals surface area contributed by atoms with Crippen LogP contribution < -0.4 is 0 Å². The Morgan fingerprint density at radius 3 is 3.00 bits per heavy atom. The van der Waals surface area contributed by atoms with Crippen molar-refractivity contribution in [2.24, 2.45) is 0 Å². The fourth-order valence-electron chi connectivity index (χ4n) is 2.07. The minimum absolute atomic E-state index is 0.248. The number of nitriles is 1. The lowest BCUT2D eigenvalue weighted by Crippen LogP contribution is -2.00. The highest BCUT2D eigenvalue weighted by Gasteiger charge is 2.28. The molecule has 1 aliphatic rings. The number of benzene rings is 1. The normalized spacial score (nSPS) is 15.2. The third-order valence-electron chi connectivity index (χ3n) is 2.90. The summed E-state index contributed by atoms with van der Waals surface area (Å²) in [6, 6.07) is 7.75. The van der Waals surface area contributed by atoms with Crippen LogP contribution in [0.1, 0.15) is 24.7 Å². The molecule has 80 valence electrons. The lowest BCUT2D eigenvalue weighted by molar-refractivity contribution is 0.476. The number of nitrogens with zero attached hydrogens (tertiary/aromatic N) is 3. The molecule has 1 aromatic heterocycles. The zero-order chi connectivity index (χ0) is 11.1. The van der Waals surface area contributed by atoms with E-state index in [1.807, 2.05) is 0 Å². The molecule has 0 saturated heterocycles. The van der Waals surface area contributed by atoms with E-state index in [1.165, 1.54) is 0 Å². The fourth-order valence-corrected chi connectivity index (χ4v) is 2.07. The fraction of sp³-hybridized carbons (Fsp3) is 0.333. The standard InChI is InChI=1S/C12H11N3O/c13-6-5-12-14-10-4-3-9(16)7-11(10)15(12)8-1-2-8/h3-4,7-8,16H,1-2,5H2. The van der Waals surface area contributed by atoms with E-state index in [2.05, 4.69) is 15.6 Å². The van der Waals surface area contributed by atoms with Gasteiger partial charge in [-0.1, -0.05) is 0 Å². The van der Waals surface area contributed by atoms with Gasteiger partial charge in [0.25, 0.3) is 0 Å². The van der Waals surface area contributed by atoms with Gasteiger partial charge in [0.1, 0.15) is 11.6 Å². The number of phenolic OH excluding ortho intramolecular Hbond substituents is 1. The molecule has 0 spiro atoms. The molecule has 4 heteroatoms. The number of fused-ring (bicyclic) bond motifs is 1. The average Bonchev–Trinajstić information content (AvgIpc) is 3.02. The van der Waals surface area contributed by atoms with Gasteiger partial charge >= 0.3 is 0 Å². The number of aromatic nitrogens is 2. The minimum atomic E-state index is 0.248. The molecule has 2 aromatic rings. The summed E-state index contributed by atoms with van der Waals surface area (Å²) in [5.41, 5.74) is 1.79. The lowest BCUT2D eigenvalue weighted by atomic mass is 10.3. The van der Waals surface area contributed by atoms with Crippen molar-refractivity contribution < 1.29 is 5.11 Å². The Labute approximate surface area is 92.8 Å². The average molecular weight is 213 g/mol. The summed E-state index contributed by atoms with van der Waals surface area (Å²) >= 11 is 0. The first-order valence-electron chi connectivity index (χ1n) is 5.36. The summed E-state index contributed by atoms with van der Waals surface area (Å²) in [7, 11) is 0. The summed E-state index contributed by atoms with van der Waals surface area (Å²) in [6.07, 6.45) is 2.60. The lowest BCUT2D eigenvalue weighted by Gasteiger charge is -2.04. The topological polar surface area (TPSA) is 61.8 Å². The van der Waals surface area contributed by atoms with Gasteiger partial charge in [-0.3, -0.25) is 0 Å². The van der Waals surface area contributed by atoms with E-state index in [1.54, 1.807) is 18.2 Å². The molecule has 4 nitrogen and oxygen atoms in total. The van der Waals surface area contributed by atoms with Gasteiger partial charge in [-0.25, -0.2) is 4.98 Å². The first-order valence-corrected chi connectivity index (χ1v) is 5.36. The molecule has 0 bridgehead atoms. The maximum Gasteiger partial charge on any atom is 0.124 e. The molecule has 1 aromatic carbocycles. The predicted octanol–water partition coefficient (Wildman–Crippen LogP) is 2.14. The minimum Gasteiger partial charge on any atom is -0.508 e.